The van der Waals surface area contributed by atoms with Crippen molar-refractivity contribution in [1.29, 1.82) is 0 Å². The van der Waals surface area contributed by atoms with E-state index < -0.39 is 23.4 Å². The zero-order valence-electron chi connectivity index (χ0n) is 13.3. The zero-order chi connectivity index (χ0) is 18.5. The molecule has 0 aliphatic rings. The van der Waals surface area contributed by atoms with Crippen LogP contribution in [0.3, 0.4) is 0 Å². The van der Waals surface area contributed by atoms with Crippen LogP contribution in [0, 0.1) is 11.6 Å². The van der Waals surface area contributed by atoms with Gasteiger partial charge in [0, 0.05) is 26.6 Å². The maximum atomic E-state index is 13.1. The Morgan fingerprint density at radius 2 is 1.92 bits per heavy atom. The Kier molecular flexibility index (Phi) is 5.33. The van der Waals surface area contributed by atoms with Crippen LogP contribution in [0.2, 0.25) is 0 Å². The van der Waals surface area contributed by atoms with Crippen molar-refractivity contribution in [3.8, 4) is 0 Å². The summed E-state index contributed by atoms with van der Waals surface area (Å²) in [4.78, 5) is 23.5. The lowest BCUT2D eigenvalue weighted by Crippen LogP contribution is -2.35. The van der Waals surface area contributed by atoms with Gasteiger partial charge < -0.3 is 5.32 Å². The highest BCUT2D eigenvalue weighted by Gasteiger charge is 2.10. The number of thiophene rings is 1. The number of halogens is 2. The van der Waals surface area contributed by atoms with Crippen LogP contribution in [-0.4, -0.2) is 24.6 Å². The molecule has 132 valence electrons. The first-order chi connectivity index (χ1) is 12.5. The molecule has 2 aromatic carbocycles. The molecule has 2 amide bonds. The molecule has 0 aliphatic carbocycles. The van der Waals surface area contributed by atoms with Crippen molar-refractivity contribution in [3.05, 3.63) is 70.6 Å². The summed E-state index contributed by atoms with van der Waals surface area (Å²) in [5.41, 5.74) is 3.09. The van der Waals surface area contributed by atoms with Gasteiger partial charge in [0.25, 0.3) is 11.8 Å². The lowest BCUT2D eigenvalue weighted by molar-refractivity contribution is -0.120. The third-order valence-corrected chi connectivity index (χ3v) is 4.48. The highest BCUT2D eigenvalue weighted by molar-refractivity contribution is 7.17. The molecular formula is C18H13F2N3O2S. The first-order valence-electron chi connectivity index (χ1n) is 7.56. The average Bonchev–Trinajstić information content (AvgIpc) is 3.05. The van der Waals surface area contributed by atoms with Crippen molar-refractivity contribution in [1.82, 2.24) is 10.7 Å². The molecule has 5 nitrogen and oxygen atoms in total. The van der Waals surface area contributed by atoms with Crippen molar-refractivity contribution in [2.24, 2.45) is 5.10 Å². The number of nitrogens with one attached hydrogen (secondary N) is 2. The van der Waals surface area contributed by atoms with E-state index in [2.05, 4.69) is 15.8 Å². The minimum absolute atomic E-state index is 0.0788. The maximum Gasteiger partial charge on any atom is 0.259 e. The van der Waals surface area contributed by atoms with Crippen molar-refractivity contribution >= 4 is 39.5 Å². The monoisotopic (exact) mass is 373 g/mol. The highest BCUT2D eigenvalue weighted by atomic mass is 32.1. The SMILES string of the molecule is O=C(CNC(=O)c1ccc(F)c(F)c1)NN=Cc1csc2ccccc12. The third kappa shape index (κ3) is 4.09. The molecular weight excluding hydrogens is 360 g/mol. The van der Waals surface area contributed by atoms with Crippen LogP contribution in [0.25, 0.3) is 10.1 Å². The smallest absolute Gasteiger partial charge is 0.259 e. The zero-order valence-corrected chi connectivity index (χ0v) is 14.1. The highest BCUT2D eigenvalue weighted by Crippen LogP contribution is 2.24. The quantitative estimate of drug-likeness (QED) is 0.533. The second-order valence-electron chi connectivity index (χ2n) is 5.29. The molecule has 0 aliphatic heterocycles. The molecule has 0 atom stereocenters. The Hall–Kier alpha value is -3.13. The molecule has 0 unspecified atom stereocenters. The second kappa shape index (κ2) is 7.83. The Morgan fingerprint density at radius 1 is 1.12 bits per heavy atom. The van der Waals surface area contributed by atoms with E-state index in [4.69, 9.17) is 0 Å². The summed E-state index contributed by atoms with van der Waals surface area (Å²) in [6.07, 6.45) is 1.52. The standard InChI is InChI=1S/C18H13F2N3O2S/c19-14-6-5-11(7-15(14)20)18(25)21-9-17(24)23-22-8-12-10-26-16-4-2-1-3-13(12)16/h1-8,10H,9H2,(H,21,25)(H,23,24). The number of fused-ring (bicyclic) bond motifs is 1. The van der Waals surface area contributed by atoms with Gasteiger partial charge in [0.05, 0.1) is 12.8 Å². The predicted molar refractivity (Wildman–Crippen MR) is 96.3 cm³/mol. The summed E-state index contributed by atoms with van der Waals surface area (Å²) >= 11 is 1.57. The molecule has 1 heterocycles. The number of hydrazone groups is 1. The van der Waals surface area contributed by atoms with E-state index in [0.29, 0.717) is 0 Å². The van der Waals surface area contributed by atoms with Crippen molar-refractivity contribution in [2.75, 3.05) is 6.54 Å². The molecule has 0 radical (unpaired) electrons. The van der Waals surface area contributed by atoms with Gasteiger partial charge in [-0.05, 0) is 24.3 Å². The van der Waals surface area contributed by atoms with Gasteiger partial charge in [-0.15, -0.1) is 11.3 Å². The van der Waals surface area contributed by atoms with Crippen LogP contribution in [-0.2, 0) is 4.79 Å². The van der Waals surface area contributed by atoms with Gasteiger partial charge >= 0.3 is 0 Å². The van der Waals surface area contributed by atoms with Crippen LogP contribution in [0.15, 0.2) is 52.9 Å². The summed E-state index contributed by atoms with van der Waals surface area (Å²) in [7, 11) is 0. The van der Waals surface area contributed by atoms with Gasteiger partial charge in [0.2, 0.25) is 0 Å². The summed E-state index contributed by atoms with van der Waals surface area (Å²) < 4.78 is 27.1. The van der Waals surface area contributed by atoms with Crippen molar-refractivity contribution < 1.29 is 18.4 Å². The van der Waals surface area contributed by atoms with E-state index in [1.54, 1.807) is 11.3 Å². The van der Waals surface area contributed by atoms with Gasteiger partial charge in [-0.1, -0.05) is 18.2 Å². The Labute approximate surface area is 151 Å². The maximum absolute atomic E-state index is 13.1. The fraction of sp³-hybridized carbons (Fsp3) is 0.0556. The normalized spacial score (nSPS) is 11.0. The number of hydrogen-bond acceptors (Lipinski definition) is 4. The molecule has 8 heteroatoms. The fourth-order valence-electron chi connectivity index (χ4n) is 2.21. The molecule has 3 aromatic rings. The molecule has 0 fully saturated rings. The third-order valence-electron chi connectivity index (χ3n) is 3.50. The lowest BCUT2D eigenvalue weighted by Gasteiger charge is -2.04. The van der Waals surface area contributed by atoms with Crippen LogP contribution < -0.4 is 10.7 Å². The number of rotatable bonds is 5. The van der Waals surface area contributed by atoms with Crippen molar-refractivity contribution in [3.63, 3.8) is 0 Å². The molecule has 0 spiro atoms. The first-order valence-corrected chi connectivity index (χ1v) is 8.44. The lowest BCUT2D eigenvalue weighted by atomic mass is 10.2. The van der Waals surface area contributed by atoms with E-state index in [0.717, 1.165) is 33.8 Å². The van der Waals surface area contributed by atoms with Gasteiger partial charge in [0.1, 0.15) is 0 Å². The number of benzene rings is 2. The van der Waals surface area contributed by atoms with E-state index in [1.165, 1.54) is 6.21 Å². The molecule has 3 rings (SSSR count). The number of carbonyl (C=O) groups excluding carboxylic acids is 2. The fourth-order valence-corrected chi connectivity index (χ4v) is 3.12. The van der Waals surface area contributed by atoms with Gasteiger partial charge in [-0.3, -0.25) is 9.59 Å². The number of nitrogens with zero attached hydrogens (tertiary/aromatic N) is 1. The van der Waals surface area contributed by atoms with Crippen LogP contribution in [0.5, 0.6) is 0 Å². The second-order valence-corrected chi connectivity index (χ2v) is 6.20. The van der Waals surface area contributed by atoms with E-state index in [9.17, 15) is 18.4 Å². The molecule has 26 heavy (non-hydrogen) atoms. The predicted octanol–water partition coefficient (Wildman–Crippen LogP) is 3.06. The molecule has 2 N–H and O–H groups in total. The Balaban J connectivity index is 1.52. The van der Waals surface area contributed by atoms with Crippen LogP contribution >= 0.6 is 11.3 Å². The molecule has 0 bridgehead atoms. The van der Waals surface area contributed by atoms with Gasteiger partial charge in [-0.2, -0.15) is 5.10 Å². The van der Waals surface area contributed by atoms with E-state index >= 15 is 0 Å². The largest absolute Gasteiger partial charge is 0.343 e. The number of carbonyl (C=O) groups is 2. The number of amides is 2. The topological polar surface area (TPSA) is 70.6 Å². The van der Waals surface area contributed by atoms with Crippen LogP contribution in [0.4, 0.5) is 8.78 Å². The summed E-state index contributed by atoms with van der Waals surface area (Å²) in [6.45, 7) is -0.348. The molecule has 0 saturated heterocycles. The summed E-state index contributed by atoms with van der Waals surface area (Å²) in [5, 5.41) is 9.12. The van der Waals surface area contributed by atoms with E-state index in [-0.39, 0.29) is 12.1 Å². The van der Waals surface area contributed by atoms with Crippen molar-refractivity contribution in [2.45, 2.75) is 0 Å². The van der Waals surface area contributed by atoms with Crippen LogP contribution in [0.1, 0.15) is 15.9 Å². The van der Waals surface area contributed by atoms with E-state index in [1.807, 2.05) is 29.6 Å². The summed E-state index contributed by atoms with van der Waals surface area (Å²) in [6, 6.07) is 10.5. The Bertz CT molecular complexity index is 1000. The van der Waals surface area contributed by atoms with Gasteiger partial charge in [0.15, 0.2) is 11.6 Å². The van der Waals surface area contributed by atoms with Gasteiger partial charge in [-0.25, -0.2) is 14.2 Å². The Morgan fingerprint density at radius 3 is 2.73 bits per heavy atom. The molecule has 1 aromatic heterocycles. The first kappa shape index (κ1) is 17.7. The minimum atomic E-state index is -1.13. The summed E-state index contributed by atoms with van der Waals surface area (Å²) in [5.74, 6) is -3.41. The number of hydrogen-bond donors (Lipinski definition) is 2. The average molecular weight is 373 g/mol. The minimum Gasteiger partial charge on any atom is -0.343 e. The molecule has 0 saturated carbocycles.